The van der Waals surface area contributed by atoms with Crippen LogP contribution in [0.3, 0.4) is 0 Å². The Morgan fingerprint density at radius 3 is 2.53 bits per heavy atom. The number of nitrogens with two attached hydrogens (primary N) is 1. The Labute approximate surface area is 189 Å². The number of amides is 1. The molecular formula is C25H31N5O2. The molecule has 1 fully saturated rings. The van der Waals surface area contributed by atoms with Gasteiger partial charge < -0.3 is 15.4 Å². The minimum Gasteiger partial charge on any atom is -0.464 e. The molecule has 1 aromatic heterocycles. The molecule has 0 unspecified atom stereocenters. The molecular weight excluding hydrogens is 402 g/mol. The van der Waals surface area contributed by atoms with Crippen LogP contribution in [0.2, 0.25) is 0 Å². The maximum Gasteiger partial charge on any atom is 0.314 e. The van der Waals surface area contributed by atoms with E-state index in [1.807, 2.05) is 36.9 Å². The molecule has 0 radical (unpaired) electrons. The number of carbonyl (C=O) groups excluding carboxylic acids is 1. The Morgan fingerprint density at radius 2 is 1.88 bits per heavy atom. The fraction of sp³-hybridized carbons (Fsp3) is 0.400. The van der Waals surface area contributed by atoms with Crippen molar-refractivity contribution >= 4 is 11.6 Å². The van der Waals surface area contributed by atoms with E-state index in [9.17, 15) is 4.79 Å². The van der Waals surface area contributed by atoms with Crippen molar-refractivity contribution in [2.24, 2.45) is 0 Å². The Bertz CT molecular complexity index is 1080. The molecule has 0 bridgehead atoms. The minimum absolute atomic E-state index is 0.0865. The van der Waals surface area contributed by atoms with Crippen molar-refractivity contribution in [3.8, 4) is 17.4 Å². The van der Waals surface area contributed by atoms with Gasteiger partial charge in [-0.3, -0.25) is 9.78 Å². The average Bonchev–Trinajstić information content (AvgIpc) is 3.27. The third-order valence-electron chi connectivity index (χ3n) is 6.25. The smallest absolute Gasteiger partial charge is 0.314 e. The number of anilines is 1. The SMILES string of the molecule is CCOc1nnc(-c2cc(C(=O)N3CCC(c4ccc(N)cc4)CC3)c(CC)cc2C)[nH]1. The number of hydrogen-bond acceptors (Lipinski definition) is 5. The maximum atomic E-state index is 13.5. The lowest BCUT2D eigenvalue weighted by molar-refractivity contribution is 0.0712. The van der Waals surface area contributed by atoms with Gasteiger partial charge in [0.05, 0.1) is 6.61 Å². The number of hydrogen-bond donors (Lipinski definition) is 2. The fourth-order valence-corrected chi connectivity index (χ4v) is 4.44. The second kappa shape index (κ2) is 9.42. The van der Waals surface area contributed by atoms with Gasteiger partial charge in [0.25, 0.3) is 5.91 Å². The molecule has 168 valence electrons. The zero-order valence-electron chi connectivity index (χ0n) is 19.0. The topological polar surface area (TPSA) is 97.1 Å². The first-order chi connectivity index (χ1) is 15.5. The first kappa shape index (κ1) is 21.9. The van der Waals surface area contributed by atoms with Crippen LogP contribution in [-0.2, 0) is 6.42 Å². The zero-order valence-corrected chi connectivity index (χ0v) is 19.0. The fourth-order valence-electron chi connectivity index (χ4n) is 4.44. The summed E-state index contributed by atoms with van der Waals surface area (Å²) in [5, 5.41) is 8.26. The van der Waals surface area contributed by atoms with Crippen molar-refractivity contribution < 1.29 is 9.53 Å². The van der Waals surface area contributed by atoms with E-state index in [1.54, 1.807) is 0 Å². The predicted octanol–water partition coefficient (Wildman–Crippen LogP) is 4.34. The van der Waals surface area contributed by atoms with E-state index in [-0.39, 0.29) is 5.91 Å². The Balaban J connectivity index is 1.54. The third kappa shape index (κ3) is 4.47. The number of ether oxygens (including phenoxy) is 1. The number of piperidine rings is 1. The molecule has 0 aliphatic carbocycles. The summed E-state index contributed by atoms with van der Waals surface area (Å²) >= 11 is 0. The highest BCUT2D eigenvalue weighted by Crippen LogP contribution is 2.31. The molecule has 4 rings (SSSR count). The van der Waals surface area contributed by atoms with E-state index in [2.05, 4.69) is 40.3 Å². The lowest BCUT2D eigenvalue weighted by Gasteiger charge is -2.33. The lowest BCUT2D eigenvalue weighted by atomic mass is 9.88. The van der Waals surface area contributed by atoms with Crippen LogP contribution in [0.4, 0.5) is 5.69 Å². The van der Waals surface area contributed by atoms with Gasteiger partial charge in [-0.25, -0.2) is 0 Å². The Hall–Kier alpha value is -3.35. The van der Waals surface area contributed by atoms with E-state index in [0.29, 0.717) is 24.4 Å². The van der Waals surface area contributed by atoms with Crippen LogP contribution in [0, 0.1) is 6.92 Å². The molecule has 1 aliphatic heterocycles. The van der Waals surface area contributed by atoms with Crippen molar-refractivity contribution in [1.82, 2.24) is 20.1 Å². The van der Waals surface area contributed by atoms with E-state index in [0.717, 1.165) is 60.3 Å². The van der Waals surface area contributed by atoms with Crippen LogP contribution >= 0.6 is 0 Å². The molecule has 2 aromatic carbocycles. The molecule has 0 spiro atoms. The van der Waals surface area contributed by atoms with Crippen molar-refractivity contribution in [1.29, 1.82) is 0 Å². The predicted molar refractivity (Wildman–Crippen MR) is 126 cm³/mol. The number of carbonyl (C=O) groups is 1. The second-order valence-corrected chi connectivity index (χ2v) is 8.32. The van der Waals surface area contributed by atoms with Crippen LogP contribution in [0.1, 0.15) is 59.7 Å². The molecule has 0 atom stereocenters. The zero-order chi connectivity index (χ0) is 22.7. The summed E-state index contributed by atoms with van der Waals surface area (Å²) in [6, 6.07) is 12.5. The summed E-state index contributed by atoms with van der Waals surface area (Å²) < 4.78 is 5.41. The number of aryl methyl sites for hydroxylation is 2. The Kier molecular flexibility index (Phi) is 6.44. The van der Waals surface area contributed by atoms with Crippen LogP contribution in [0.5, 0.6) is 6.01 Å². The largest absolute Gasteiger partial charge is 0.464 e. The first-order valence-electron chi connectivity index (χ1n) is 11.3. The number of nitrogen functional groups attached to an aromatic ring is 1. The van der Waals surface area contributed by atoms with Crippen LogP contribution in [-0.4, -0.2) is 45.7 Å². The van der Waals surface area contributed by atoms with Gasteiger partial charge in [0, 0.05) is 29.9 Å². The van der Waals surface area contributed by atoms with Crippen LogP contribution in [0.25, 0.3) is 11.4 Å². The van der Waals surface area contributed by atoms with Gasteiger partial charge in [-0.05, 0) is 73.9 Å². The number of benzene rings is 2. The normalized spacial score (nSPS) is 14.5. The molecule has 1 aliphatic rings. The molecule has 32 heavy (non-hydrogen) atoms. The summed E-state index contributed by atoms with van der Waals surface area (Å²) in [4.78, 5) is 18.6. The van der Waals surface area contributed by atoms with E-state index < -0.39 is 0 Å². The lowest BCUT2D eigenvalue weighted by Crippen LogP contribution is -2.38. The van der Waals surface area contributed by atoms with Gasteiger partial charge in [0.2, 0.25) is 0 Å². The monoisotopic (exact) mass is 433 g/mol. The van der Waals surface area contributed by atoms with E-state index >= 15 is 0 Å². The maximum absolute atomic E-state index is 13.5. The second-order valence-electron chi connectivity index (χ2n) is 8.32. The third-order valence-corrected chi connectivity index (χ3v) is 6.25. The quantitative estimate of drug-likeness (QED) is 0.564. The highest BCUT2D eigenvalue weighted by molar-refractivity contribution is 5.97. The molecule has 7 nitrogen and oxygen atoms in total. The standard InChI is InChI=1S/C25H31N5O2/c1-4-17-14-16(3)21(23-27-25(29-28-23)32-5-2)15-22(17)24(31)30-12-10-19(11-13-30)18-6-8-20(26)9-7-18/h6-9,14-15,19H,4-5,10-13,26H2,1-3H3,(H,27,28,29). The summed E-state index contributed by atoms with van der Waals surface area (Å²) in [6.07, 6.45) is 2.70. The molecule has 3 aromatic rings. The summed E-state index contributed by atoms with van der Waals surface area (Å²) in [5.41, 5.74) is 11.6. The molecule has 1 saturated heterocycles. The number of aromatic amines is 1. The highest BCUT2D eigenvalue weighted by Gasteiger charge is 2.26. The van der Waals surface area contributed by atoms with E-state index in [4.69, 9.17) is 10.5 Å². The number of rotatable bonds is 6. The molecule has 3 N–H and O–H groups in total. The minimum atomic E-state index is 0.0865. The van der Waals surface area contributed by atoms with Crippen molar-refractivity contribution in [2.75, 3.05) is 25.4 Å². The van der Waals surface area contributed by atoms with Gasteiger partial charge in [0.15, 0.2) is 5.82 Å². The van der Waals surface area contributed by atoms with Crippen molar-refractivity contribution in [2.45, 2.75) is 46.0 Å². The van der Waals surface area contributed by atoms with Gasteiger partial charge in [-0.1, -0.05) is 30.2 Å². The number of likely N-dealkylation sites (tertiary alicyclic amines) is 1. The number of nitrogens with one attached hydrogen (secondary N) is 1. The Morgan fingerprint density at radius 1 is 1.16 bits per heavy atom. The highest BCUT2D eigenvalue weighted by atomic mass is 16.5. The molecule has 7 heteroatoms. The molecule has 1 amide bonds. The van der Waals surface area contributed by atoms with E-state index in [1.165, 1.54) is 5.56 Å². The number of nitrogens with zero attached hydrogens (tertiary/aromatic N) is 3. The summed E-state index contributed by atoms with van der Waals surface area (Å²) in [7, 11) is 0. The van der Waals surface area contributed by atoms with Crippen LogP contribution < -0.4 is 10.5 Å². The number of H-pyrrole nitrogens is 1. The summed E-state index contributed by atoms with van der Waals surface area (Å²) in [6.45, 7) is 8.02. The average molecular weight is 434 g/mol. The summed E-state index contributed by atoms with van der Waals surface area (Å²) in [5.74, 6) is 1.16. The van der Waals surface area contributed by atoms with Gasteiger partial charge in [0.1, 0.15) is 0 Å². The van der Waals surface area contributed by atoms with Gasteiger partial charge in [-0.15, -0.1) is 5.10 Å². The molecule has 0 saturated carbocycles. The van der Waals surface area contributed by atoms with Crippen LogP contribution in [0.15, 0.2) is 36.4 Å². The first-order valence-corrected chi connectivity index (χ1v) is 11.3. The van der Waals surface area contributed by atoms with Crippen molar-refractivity contribution in [3.63, 3.8) is 0 Å². The van der Waals surface area contributed by atoms with Gasteiger partial charge in [-0.2, -0.15) is 0 Å². The van der Waals surface area contributed by atoms with Crippen molar-refractivity contribution in [3.05, 3.63) is 58.7 Å². The van der Waals surface area contributed by atoms with Gasteiger partial charge >= 0.3 is 6.01 Å². The number of aromatic nitrogens is 3. The molecule has 2 heterocycles.